The van der Waals surface area contributed by atoms with Crippen LogP contribution in [0.4, 0.5) is 10.1 Å². The van der Waals surface area contributed by atoms with Crippen molar-refractivity contribution in [2.24, 2.45) is 0 Å². The molecule has 0 bridgehead atoms. The summed E-state index contributed by atoms with van der Waals surface area (Å²) in [6, 6.07) is 3.22. The van der Waals surface area contributed by atoms with Gasteiger partial charge in [0.15, 0.2) is 0 Å². The number of rotatable bonds is 5. The molecule has 5 nitrogen and oxygen atoms in total. The number of anilines is 1. The summed E-state index contributed by atoms with van der Waals surface area (Å²) < 4.78 is 39.5. The number of hydrogen-bond donors (Lipinski definition) is 2. The first kappa shape index (κ1) is 14.9. The Morgan fingerprint density at radius 1 is 1.40 bits per heavy atom. The molecule has 8 heteroatoms. The first-order valence-corrected chi connectivity index (χ1v) is 8.20. The van der Waals surface area contributed by atoms with E-state index in [0.29, 0.717) is 6.42 Å². The van der Waals surface area contributed by atoms with E-state index in [-0.39, 0.29) is 17.1 Å². The zero-order valence-corrected chi connectivity index (χ0v) is 12.4. The highest BCUT2D eigenvalue weighted by atomic mass is 32.2. The smallest absolute Gasteiger partial charge is 0.240 e. The number of aryl methyl sites for hydroxylation is 1. The van der Waals surface area contributed by atoms with E-state index < -0.39 is 15.8 Å². The summed E-state index contributed by atoms with van der Waals surface area (Å²) in [7, 11) is -3.76. The van der Waals surface area contributed by atoms with Gasteiger partial charge in [0, 0.05) is 24.0 Å². The number of nitrogens with zero attached hydrogens (tertiary/aromatic N) is 1. The Morgan fingerprint density at radius 2 is 2.15 bits per heavy atom. The van der Waals surface area contributed by atoms with Gasteiger partial charge in [-0.3, -0.25) is 0 Å². The largest absolute Gasteiger partial charge is 0.399 e. The highest BCUT2D eigenvalue weighted by Crippen LogP contribution is 2.15. The number of nitrogen functional groups attached to an aromatic ring is 1. The van der Waals surface area contributed by atoms with Crippen LogP contribution in [0.15, 0.2) is 28.5 Å². The average Bonchev–Trinajstić information content (AvgIpc) is 2.73. The van der Waals surface area contributed by atoms with Gasteiger partial charge >= 0.3 is 0 Å². The van der Waals surface area contributed by atoms with Gasteiger partial charge in [-0.1, -0.05) is 0 Å². The van der Waals surface area contributed by atoms with E-state index >= 15 is 0 Å². The molecular formula is C12H14FN3O2S2. The predicted octanol–water partition coefficient (Wildman–Crippen LogP) is 1.69. The fourth-order valence-corrected chi connectivity index (χ4v) is 3.40. The van der Waals surface area contributed by atoms with Crippen molar-refractivity contribution in [1.82, 2.24) is 9.71 Å². The maximum Gasteiger partial charge on any atom is 0.240 e. The van der Waals surface area contributed by atoms with Crippen molar-refractivity contribution in [3.8, 4) is 0 Å². The molecule has 3 N–H and O–H groups in total. The second-order valence-corrected chi connectivity index (χ2v) is 7.06. The van der Waals surface area contributed by atoms with Crippen LogP contribution in [0.2, 0.25) is 0 Å². The SMILES string of the molecule is Cc1nc(CCNS(=O)(=O)c2cc(N)cc(F)c2)cs1. The molecule has 1 aromatic heterocycles. The van der Waals surface area contributed by atoms with Gasteiger partial charge < -0.3 is 5.73 Å². The quantitative estimate of drug-likeness (QED) is 0.822. The number of halogens is 1. The van der Waals surface area contributed by atoms with Crippen molar-refractivity contribution in [2.75, 3.05) is 12.3 Å². The number of nitrogens with one attached hydrogen (secondary N) is 1. The molecule has 0 aliphatic carbocycles. The molecule has 0 fully saturated rings. The Morgan fingerprint density at radius 3 is 2.75 bits per heavy atom. The molecular weight excluding hydrogens is 301 g/mol. The molecule has 0 saturated carbocycles. The number of sulfonamides is 1. The zero-order valence-electron chi connectivity index (χ0n) is 10.8. The summed E-state index contributed by atoms with van der Waals surface area (Å²) >= 11 is 1.51. The Balaban J connectivity index is 2.03. The predicted molar refractivity (Wildman–Crippen MR) is 76.6 cm³/mol. The summed E-state index contributed by atoms with van der Waals surface area (Å²) in [5, 5.41) is 2.81. The number of nitrogens with two attached hydrogens (primary N) is 1. The molecule has 2 rings (SSSR count). The van der Waals surface area contributed by atoms with Crippen LogP contribution < -0.4 is 10.5 Å². The highest BCUT2D eigenvalue weighted by Gasteiger charge is 2.15. The van der Waals surface area contributed by atoms with Crippen molar-refractivity contribution in [3.05, 3.63) is 40.1 Å². The molecule has 0 saturated heterocycles. The van der Waals surface area contributed by atoms with Gasteiger partial charge in [-0.25, -0.2) is 22.5 Å². The van der Waals surface area contributed by atoms with E-state index in [1.807, 2.05) is 12.3 Å². The Labute approximate surface area is 120 Å². The number of benzene rings is 1. The molecule has 108 valence electrons. The first-order chi connectivity index (χ1) is 9.37. The lowest BCUT2D eigenvalue weighted by molar-refractivity contribution is 0.577. The second kappa shape index (κ2) is 5.86. The van der Waals surface area contributed by atoms with E-state index in [9.17, 15) is 12.8 Å². The van der Waals surface area contributed by atoms with Gasteiger partial charge in [0.05, 0.1) is 15.6 Å². The molecule has 0 unspecified atom stereocenters. The van der Waals surface area contributed by atoms with Crippen LogP contribution in [0.3, 0.4) is 0 Å². The van der Waals surface area contributed by atoms with E-state index in [1.54, 1.807) is 0 Å². The minimum absolute atomic E-state index is 0.0699. The van der Waals surface area contributed by atoms with Gasteiger partial charge in [-0.05, 0) is 25.1 Å². The Kier molecular flexibility index (Phi) is 4.36. The van der Waals surface area contributed by atoms with E-state index in [1.165, 1.54) is 17.4 Å². The summed E-state index contributed by atoms with van der Waals surface area (Å²) in [5.41, 5.74) is 6.34. The van der Waals surface area contributed by atoms with Gasteiger partial charge in [-0.2, -0.15) is 0 Å². The van der Waals surface area contributed by atoms with Crippen LogP contribution in [0.1, 0.15) is 10.7 Å². The summed E-state index contributed by atoms with van der Waals surface area (Å²) in [4.78, 5) is 4.06. The lowest BCUT2D eigenvalue weighted by Crippen LogP contribution is -2.26. The van der Waals surface area contributed by atoms with E-state index in [2.05, 4.69) is 9.71 Å². The molecule has 0 radical (unpaired) electrons. The van der Waals surface area contributed by atoms with Crippen molar-refractivity contribution in [2.45, 2.75) is 18.2 Å². The maximum atomic E-state index is 13.2. The normalized spacial score (nSPS) is 11.7. The van der Waals surface area contributed by atoms with Gasteiger partial charge in [0.1, 0.15) is 5.82 Å². The number of hydrogen-bond acceptors (Lipinski definition) is 5. The van der Waals surface area contributed by atoms with Crippen LogP contribution >= 0.6 is 11.3 Å². The van der Waals surface area contributed by atoms with Crippen molar-refractivity contribution >= 4 is 27.0 Å². The third-order valence-corrected chi connectivity index (χ3v) is 4.81. The molecule has 0 amide bonds. The minimum atomic E-state index is -3.76. The molecule has 2 aromatic rings. The molecule has 1 heterocycles. The second-order valence-electron chi connectivity index (χ2n) is 4.23. The molecule has 1 aromatic carbocycles. The molecule has 0 aliphatic rings. The zero-order chi connectivity index (χ0) is 14.8. The highest BCUT2D eigenvalue weighted by molar-refractivity contribution is 7.89. The molecule has 20 heavy (non-hydrogen) atoms. The summed E-state index contributed by atoms with van der Waals surface area (Å²) in [5.74, 6) is -0.680. The maximum absolute atomic E-state index is 13.2. The standard InChI is InChI=1S/C12H14FN3O2S2/c1-8-16-11(7-19-8)2-3-15-20(17,18)12-5-9(13)4-10(14)6-12/h4-7,15H,2-3,14H2,1H3. The van der Waals surface area contributed by atoms with Crippen molar-refractivity contribution in [1.29, 1.82) is 0 Å². The lowest BCUT2D eigenvalue weighted by atomic mass is 10.3. The molecule has 0 atom stereocenters. The minimum Gasteiger partial charge on any atom is -0.399 e. The third kappa shape index (κ3) is 3.75. The van der Waals surface area contributed by atoms with E-state index in [4.69, 9.17) is 5.73 Å². The monoisotopic (exact) mass is 315 g/mol. The van der Waals surface area contributed by atoms with Gasteiger partial charge in [0.25, 0.3) is 0 Å². The fraction of sp³-hybridized carbons (Fsp3) is 0.250. The van der Waals surface area contributed by atoms with Crippen LogP contribution in [0.25, 0.3) is 0 Å². The van der Waals surface area contributed by atoms with Gasteiger partial charge in [-0.15, -0.1) is 11.3 Å². The first-order valence-electron chi connectivity index (χ1n) is 5.83. The summed E-state index contributed by atoms with van der Waals surface area (Å²) in [6.45, 7) is 2.08. The number of thiazole rings is 1. The van der Waals surface area contributed by atoms with Crippen LogP contribution in [0, 0.1) is 12.7 Å². The van der Waals surface area contributed by atoms with Crippen LogP contribution in [-0.2, 0) is 16.4 Å². The van der Waals surface area contributed by atoms with Crippen molar-refractivity contribution < 1.29 is 12.8 Å². The van der Waals surface area contributed by atoms with Crippen LogP contribution in [-0.4, -0.2) is 19.9 Å². The Hall–Kier alpha value is -1.51. The Bertz CT molecular complexity index is 693. The molecule has 0 spiro atoms. The topological polar surface area (TPSA) is 85.1 Å². The molecule has 0 aliphatic heterocycles. The third-order valence-electron chi connectivity index (χ3n) is 2.54. The number of aromatic nitrogens is 1. The lowest BCUT2D eigenvalue weighted by Gasteiger charge is -2.07. The van der Waals surface area contributed by atoms with E-state index in [0.717, 1.165) is 22.8 Å². The average molecular weight is 315 g/mol. The fourth-order valence-electron chi connectivity index (χ4n) is 1.66. The van der Waals surface area contributed by atoms with Gasteiger partial charge in [0.2, 0.25) is 10.0 Å². The van der Waals surface area contributed by atoms with Crippen molar-refractivity contribution in [3.63, 3.8) is 0 Å². The summed E-state index contributed by atoms with van der Waals surface area (Å²) in [6.07, 6.45) is 0.481. The van der Waals surface area contributed by atoms with Crippen LogP contribution in [0.5, 0.6) is 0 Å².